The summed E-state index contributed by atoms with van der Waals surface area (Å²) in [6.07, 6.45) is 0. The van der Waals surface area contributed by atoms with Crippen LogP contribution < -0.4 is 9.80 Å². The summed E-state index contributed by atoms with van der Waals surface area (Å²) in [4.78, 5) is 16.1. The Morgan fingerprint density at radius 2 is 1.24 bits per heavy atom. The molecule has 3 nitrogen and oxygen atoms in total. The highest BCUT2D eigenvalue weighted by molar-refractivity contribution is 5.94. The van der Waals surface area contributed by atoms with Crippen LogP contribution in [0.25, 0.3) is 0 Å². The van der Waals surface area contributed by atoms with Crippen molar-refractivity contribution in [3.63, 3.8) is 0 Å². The molecule has 1 aliphatic rings. The van der Waals surface area contributed by atoms with E-state index in [-0.39, 0.29) is 5.78 Å². The van der Waals surface area contributed by atoms with Gasteiger partial charge in [-0.25, -0.2) is 0 Å². The van der Waals surface area contributed by atoms with Gasteiger partial charge in [0.2, 0.25) is 0 Å². The van der Waals surface area contributed by atoms with Crippen LogP contribution in [0.3, 0.4) is 0 Å². The molecule has 3 heteroatoms. The third kappa shape index (κ3) is 3.07. The molecule has 21 heavy (non-hydrogen) atoms. The number of ketones is 1. The fourth-order valence-electron chi connectivity index (χ4n) is 2.77. The van der Waals surface area contributed by atoms with Crippen LogP contribution in [0, 0.1) is 0 Å². The maximum atomic E-state index is 11.3. The second kappa shape index (κ2) is 6.00. The van der Waals surface area contributed by atoms with E-state index < -0.39 is 0 Å². The SMILES string of the molecule is CC(=O)c1ccc(N2CCN(c3ccccc3)CC2)cc1. The number of carbonyl (C=O) groups excluding carboxylic acids is 1. The maximum Gasteiger partial charge on any atom is 0.159 e. The number of para-hydroxylation sites is 1. The lowest BCUT2D eigenvalue weighted by atomic mass is 10.1. The summed E-state index contributed by atoms with van der Waals surface area (Å²) in [5.41, 5.74) is 3.28. The number of nitrogens with zero attached hydrogens (tertiary/aromatic N) is 2. The van der Waals surface area contributed by atoms with Crippen LogP contribution in [0.1, 0.15) is 17.3 Å². The molecule has 0 saturated carbocycles. The van der Waals surface area contributed by atoms with Gasteiger partial charge in [-0.2, -0.15) is 0 Å². The molecule has 0 spiro atoms. The molecule has 2 aromatic rings. The van der Waals surface area contributed by atoms with Crippen LogP contribution in [0.15, 0.2) is 54.6 Å². The van der Waals surface area contributed by atoms with Gasteiger partial charge in [-0.05, 0) is 43.3 Å². The Hall–Kier alpha value is -2.29. The first kappa shape index (κ1) is 13.7. The maximum absolute atomic E-state index is 11.3. The van der Waals surface area contributed by atoms with Crippen molar-refractivity contribution >= 4 is 17.2 Å². The molecule has 2 aromatic carbocycles. The molecular weight excluding hydrogens is 260 g/mol. The largest absolute Gasteiger partial charge is 0.368 e. The summed E-state index contributed by atoms with van der Waals surface area (Å²) >= 11 is 0. The van der Waals surface area contributed by atoms with Crippen LogP contribution in [0.2, 0.25) is 0 Å². The number of hydrogen-bond acceptors (Lipinski definition) is 3. The van der Waals surface area contributed by atoms with Crippen molar-refractivity contribution in [2.24, 2.45) is 0 Å². The van der Waals surface area contributed by atoms with Gasteiger partial charge in [-0.15, -0.1) is 0 Å². The number of carbonyl (C=O) groups is 1. The van der Waals surface area contributed by atoms with Crippen LogP contribution in [-0.2, 0) is 0 Å². The summed E-state index contributed by atoms with van der Waals surface area (Å²) in [6, 6.07) is 18.5. The van der Waals surface area contributed by atoms with Gasteiger partial charge in [0.05, 0.1) is 0 Å². The third-order valence-electron chi connectivity index (χ3n) is 4.04. The molecule has 108 valence electrons. The Morgan fingerprint density at radius 3 is 1.71 bits per heavy atom. The fourth-order valence-corrected chi connectivity index (χ4v) is 2.77. The first-order valence-corrected chi connectivity index (χ1v) is 7.40. The van der Waals surface area contributed by atoms with E-state index in [4.69, 9.17) is 0 Å². The average Bonchev–Trinajstić information content (AvgIpc) is 2.56. The highest BCUT2D eigenvalue weighted by Crippen LogP contribution is 2.20. The lowest BCUT2D eigenvalue weighted by molar-refractivity contribution is 0.101. The minimum Gasteiger partial charge on any atom is -0.368 e. The van der Waals surface area contributed by atoms with Gasteiger partial charge in [-0.1, -0.05) is 18.2 Å². The van der Waals surface area contributed by atoms with Gasteiger partial charge >= 0.3 is 0 Å². The standard InChI is InChI=1S/C18H20N2O/c1-15(21)16-7-9-18(10-8-16)20-13-11-19(12-14-20)17-5-3-2-4-6-17/h2-10H,11-14H2,1H3. The first-order valence-electron chi connectivity index (χ1n) is 7.40. The average molecular weight is 280 g/mol. The number of Topliss-reactive ketones (excluding diaryl/α,β-unsaturated/α-hetero) is 1. The van der Waals surface area contributed by atoms with Crippen molar-refractivity contribution < 1.29 is 4.79 Å². The number of hydrogen-bond donors (Lipinski definition) is 0. The van der Waals surface area contributed by atoms with E-state index in [1.165, 1.54) is 11.4 Å². The quantitative estimate of drug-likeness (QED) is 0.807. The molecule has 0 N–H and O–H groups in total. The zero-order chi connectivity index (χ0) is 14.7. The minimum atomic E-state index is 0.121. The van der Waals surface area contributed by atoms with Gasteiger partial charge in [0, 0.05) is 43.1 Å². The normalized spacial score (nSPS) is 15.1. The molecule has 0 amide bonds. The Bertz CT molecular complexity index is 599. The summed E-state index contributed by atoms with van der Waals surface area (Å²) < 4.78 is 0. The molecule has 1 heterocycles. The van der Waals surface area contributed by atoms with E-state index in [1.54, 1.807) is 6.92 Å². The summed E-state index contributed by atoms with van der Waals surface area (Å²) in [6.45, 7) is 5.67. The predicted octanol–water partition coefficient (Wildman–Crippen LogP) is 3.22. The van der Waals surface area contributed by atoms with Gasteiger partial charge in [0.1, 0.15) is 0 Å². The second-order valence-corrected chi connectivity index (χ2v) is 5.41. The highest BCUT2D eigenvalue weighted by atomic mass is 16.1. The molecule has 3 rings (SSSR count). The zero-order valence-corrected chi connectivity index (χ0v) is 12.3. The Kier molecular flexibility index (Phi) is 3.91. The summed E-state index contributed by atoms with van der Waals surface area (Å²) in [7, 11) is 0. The molecule has 0 bridgehead atoms. The molecular formula is C18H20N2O. The molecule has 1 aliphatic heterocycles. The van der Waals surface area contributed by atoms with Gasteiger partial charge in [-0.3, -0.25) is 4.79 Å². The number of piperazine rings is 1. The number of anilines is 2. The lowest BCUT2D eigenvalue weighted by Crippen LogP contribution is -2.46. The van der Waals surface area contributed by atoms with Crippen molar-refractivity contribution in [1.29, 1.82) is 0 Å². The molecule has 0 aliphatic carbocycles. The Labute approximate surface area is 125 Å². The molecule has 0 unspecified atom stereocenters. The second-order valence-electron chi connectivity index (χ2n) is 5.41. The summed E-state index contributed by atoms with van der Waals surface area (Å²) in [5.74, 6) is 0.121. The van der Waals surface area contributed by atoms with E-state index in [0.29, 0.717) is 0 Å². The lowest BCUT2D eigenvalue weighted by Gasteiger charge is -2.37. The number of benzene rings is 2. The Morgan fingerprint density at radius 1 is 0.762 bits per heavy atom. The third-order valence-corrected chi connectivity index (χ3v) is 4.04. The van der Waals surface area contributed by atoms with E-state index in [1.807, 2.05) is 12.1 Å². The van der Waals surface area contributed by atoms with Crippen molar-refractivity contribution in [2.75, 3.05) is 36.0 Å². The smallest absolute Gasteiger partial charge is 0.159 e. The van der Waals surface area contributed by atoms with Gasteiger partial charge in [0.25, 0.3) is 0 Å². The first-order chi connectivity index (χ1) is 10.2. The molecule has 0 atom stereocenters. The molecule has 1 saturated heterocycles. The zero-order valence-electron chi connectivity index (χ0n) is 12.3. The van der Waals surface area contributed by atoms with E-state index >= 15 is 0 Å². The topological polar surface area (TPSA) is 23.6 Å². The van der Waals surface area contributed by atoms with Gasteiger partial charge < -0.3 is 9.80 Å². The van der Waals surface area contributed by atoms with Gasteiger partial charge in [0.15, 0.2) is 5.78 Å². The molecule has 0 radical (unpaired) electrons. The van der Waals surface area contributed by atoms with Crippen molar-refractivity contribution in [3.8, 4) is 0 Å². The Balaban J connectivity index is 1.64. The highest BCUT2D eigenvalue weighted by Gasteiger charge is 2.17. The van der Waals surface area contributed by atoms with Crippen molar-refractivity contribution in [1.82, 2.24) is 0 Å². The van der Waals surface area contributed by atoms with E-state index in [0.717, 1.165) is 31.7 Å². The minimum absolute atomic E-state index is 0.121. The van der Waals surface area contributed by atoms with Crippen LogP contribution in [0.4, 0.5) is 11.4 Å². The molecule has 1 fully saturated rings. The van der Waals surface area contributed by atoms with E-state index in [9.17, 15) is 4.79 Å². The van der Waals surface area contributed by atoms with Crippen LogP contribution in [0.5, 0.6) is 0 Å². The van der Waals surface area contributed by atoms with Crippen molar-refractivity contribution in [2.45, 2.75) is 6.92 Å². The van der Waals surface area contributed by atoms with Crippen LogP contribution in [-0.4, -0.2) is 32.0 Å². The number of rotatable bonds is 3. The fraction of sp³-hybridized carbons (Fsp3) is 0.278. The van der Waals surface area contributed by atoms with Crippen molar-refractivity contribution in [3.05, 3.63) is 60.2 Å². The van der Waals surface area contributed by atoms with E-state index in [2.05, 4.69) is 52.3 Å². The summed E-state index contributed by atoms with van der Waals surface area (Å²) in [5, 5.41) is 0. The molecule has 0 aromatic heterocycles. The predicted molar refractivity (Wildman–Crippen MR) is 87.3 cm³/mol. The monoisotopic (exact) mass is 280 g/mol. The van der Waals surface area contributed by atoms with Crippen LogP contribution >= 0.6 is 0 Å².